The van der Waals surface area contributed by atoms with Crippen LogP contribution in [0.5, 0.6) is 0 Å². The Kier molecular flexibility index (Phi) is 7.48. The highest BCUT2D eigenvalue weighted by atomic mass is 32.2. The van der Waals surface area contributed by atoms with Gasteiger partial charge in [-0.2, -0.15) is 8.42 Å². The molecule has 0 aliphatic heterocycles. The molecule has 0 saturated heterocycles. The minimum absolute atomic E-state index is 0.208. The quantitative estimate of drug-likeness (QED) is 0.304. The molecule has 0 amide bonds. The Morgan fingerprint density at radius 1 is 0.688 bits per heavy atom. The van der Waals surface area contributed by atoms with E-state index in [-0.39, 0.29) is 4.90 Å². The topological polar surface area (TPSA) is 46.5 Å². The van der Waals surface area contributed by atoms with Gasteiger partial charge < -0.3 is 0 Å². The third-order valence-corrected chi connectivity index (χ3v) is 9.25. The monoisotopic (exact) mass is 483 g/mol. The van der Waals surface area contributed by atoms with Crippen LogP contribution in [0.4, 0.5) is 0 Å². The molecule has 0 fully saturated rings. The van der Waals surface area contributed by atoms with Gasteiger partial charge in [0.05, 0.1) is 9.09 Å². The summed E-state index contributed by atoms with van der Waals surface area (Å²) in [6.07, 6.45) is 0. The summed E-state index contributed by atoms with van der Waals surface area (Å²) in [5.41, 5.74) is 9.04. The summed E-state index contributed by atoms with van der Waals surface area (Å²) < 4.78 is 30.9. The average molecular weight is 484 g/mol. The predicted octanol–water partition coefficient (Wildman–Crippen LogP) is 6.77. The molecule has 0 radical (unpaired) electrons. The van der Waals surface area contributed by atoms with E-state index < -0.39 is 10.0 Å². The van der Waals surface area contributed by atoms with Gasteiger partial charge in [-0.25, -0.2) is 0 Å². The summed E-state index contributed by atoms with van der Waals surface area (Å²) in [5, 5.41) is 0. The molecule has 0 atom stereocenters. The summed E-state index contributed by atoms with van der Waals surface area (Å²) >= 11 is 2.65. The standard InChI is InChI=1S/C26H29NO2S3/c1-16-8-10-23(11-9-16)32(28,29)27-31-26(24-19(4)12-17(2)13-20(24)5)30-25-21(6)14-18(3)15-22(25)7/h8-15H,1-7H3. The summed E-state index contributed by atoms with van der Waals surface area (Å²) in [7, 11) is -3.78. The van der Waals surface area contributed by atoms with Gasteiger partial charge in [0.2, 0.25) is 0 Å². The van der Waals surface area contributed by atoms with E-state index in [2.05, 4.69) is 69.6 Å². The van der Waals surface area contributed by atoms with Gasteiger partial charge in [0, 0.05) is 10.5 Å². The van der Waals surface area contributed by atoms with Gasteiger partial charge in [0.1, 0.15) is 0 Å². The van der Waals surface area contributed by atoms with E-state index in [1.54, 1.807) is 36.0 Å². The van der Waals surface area contributed by atoms with Crippen LogP contribution in [0.25, 0.3) is 0 Å². The molecule has 0 aromatic heterocycles. The molecule has 0 heterocycles. The van der Waals surface area contributed by atoms with E-state index in [4.69, 9.17) is 0 Å². The van der Waals surface area contributed by atoms with Crippen molar-refractivity contribution in [3.8, 4) is 0 Å². The smallest absolute Gasteiger partial charge is 0.198 e. The first-order valence-corrected chi connectivity index (χ1v) is 13.4. The minimum Gasteiger partial charge on any atom is -0.198 e. The van der Waals surface area contributed by atoms with E-state index in [0.29, 0.717) is 0 Å². The van der Waals surface area contributed by atoms with Crippen molar-refractivity contribution in [3.63, 3.8) is 0 Å². The molecule has 0 aliphatic rings. The normalized spacial score (nSPS) is 11.3. The lowest BCUT2D eigenvalue weighted by atomic mass is 10.0. The Bertz CT molecular complexity index is 1300. The third kappa shape index (κ3) is 5.61. The fraction of sp³-hybridized carbons (Fsp3) is 0.269. The highest BCUT2D eigenvalue weighted by Crippen LogP contribution is 2.32. The van der Waals surface area contributed by atoms with E-state index in [1.807, 2.05) is 6.92 Å². The van der Waals surface area contributed by atoms with E-state index >= 15 is 0 Å². The molecule has 0 spiro atoms. The lowest BCUT2D eigenvalue weighted by Gasteiger charge is -2.15. The van der Waals surface area contributed by atoms with Gasteiger partial charge in [-0.3, -0.25) is 0 Å². The molecular formula is C26H29NO2S3. The second kappa shape index (κ2) is 9.77. The Balaban J connectivity index is 2.22. The van der Waals surface area contributed by atoms with E-state index in [1.165, 1.54) is 22.3 Å². The molecule has 3 nitrogen and oxygen atoms in total. The van der Waals surface area contributed by atoms with Gasteiger partial charge in [-0.05, 0) is 94.0 Å². The summed E-state index contributed by atoms with van der Waals surface area (Å²) in [4.78, 5) is 1.35. The number of aryl methyl sites for hydroxylation is 7. The predicted molar refractivity (Wildman–Crippen MR) is 139 cm³/mol. The summed E-state index contributed by atoms with van der Waals surface area (Å²) in [6, 6.07) is 15.4. The Morgan fingerprint density at radius 2 is 1.16 bits per heavy atom. The SMILES string of the molecule is Cc1ccc(S(=O)(=O)N=S=C(Sc2c(C)cc(C)cc2C)c2c(C)cc(C)cc2C)cc1. The first-order valence-electron chi connectivity index (χ1n) is 10.4. The van der Waals surface area contributed by atoms with E-state index in [9.17, 15) is 8.42 Å². The fourth-order valence-corrected chi connectivity index (χ4v) is 7.50. The maximum atomic E-state index is 12.9. The van der Waals surface area contributed by atoms with Crippen molar-refractivity contribution < 1.29 is 8.42 Å². The maximum Gasteiger partial charge on any atom is 0.292 e. The molecule has 3 aromatic rings. The van der Waals surface area contributed by atoms with Crippen LogP contribution in [-0.2, 0) is 21.2 Å². The Labute approximate surface area is 200 Å². The van der Waals surface area contributed by atoms with Crippen LogP contribution < -0.4 is 0 Å². The number of thioether (sulfide) groups is 1. The molecule has 0 N–H and O–H groups in total. The van der Waals surface area contributed by atoms with Crippen LogP contribution in [0, 0.1) is 48.5 Å². The lowest BCUT2D eigenvalue weighted by Crippen LogP contribution is -2.05. The molecule has 168 valence electrons. The van der Waals surface area contributed by atoms with Gasteiger partial charge in [-0.1, -0.05) is 68.6 Å². The van der Waals surface area contributed by atoms with Crippen molar-refractivity contribution in [3.05, 3.63) is 93.0 Å². The molecule has 32 heavy (non-hydrogen) atoms. The van der Waals surface area contributed by atoms with Gasteiger partial charge in [-0.15, -0.1) is 0 Å². The summed E-state index contributed by atoms with van der Waals surface area (Å²) in [6.45, 7) is 14.4. The average Bonchev–Trinajstić information content (AvgIpc) is 2.67. The zero-order valence-electron chi connectivity index (χ0n) is 19.6. The molecular weight excluding hydrogens is 454 g/mol. The molecule has 0 unspecified atom stereocenters. The first kappa shape index (κ1) is 24.5. The van der Waals surface area contributed by atoms with Crippen LogP contribution in [0.2, 0.25) is 0 Å². The van der Waals surface area contributed by atoms with Crippen molar-refractivity contribution in [2.24, 2.45) is 3.77 Å². The van der Waals surface area contributed by atoms with Crippen molar-refractivity contribution in [2.45, 2.75) is 58.3 Å². The Hall–Kier alpha value is -2.15. The number of hydrogen-bond donors (Lipinski definition) is 0. The number of rotatable bonds is 4. The van der Waals surface area contributed by atoms with Crippen LogP contribution in [-0.4, -0.2) is 12.6 Å². The molecule has 3 aromatic carbocycles. The highest BCUT2D eigenvalue weighted by Gasteiger charge is 2.16. The zero-order valence-corrected chi connectivity index (χ0v) is 22.1. The second-order valence-corrected chi connectivity index (χ2v) is 12.2. The maximum absolute atomic E-state index is 12.9. The second-order valence-electron chi connectivity index (χ2n) is 8.35. The van der Waals surface area contributed by atoms with Gasteiger partial charge in [0.25, 0.3) is 10.0 Å². The zero-order chi connectivity index (χ0) is 23.6. The largest absolute Gasteiger partial charge is 0.292 e. The van der Waals surface area contributed by atoms with Crippen LogP contribution in [0.15, 0.2) is 62.1 Å². The third-order valence-electron chi connectivity index (χ3n) is 5.22. The molecule has 0 bridgehead atoms. The Morgan fingerprint density at radius 3 is 1.66 bits per heavy atom. The molecule has 6 heteroatoms. The van der Waals surface area contributed by atoms with Crippen molar-refractivity contribution >= 4 is 37.1 Å². The highest BCUT2D eigenvalue weighted by molar-refractivity contribution is 8.22. The first-order chi connectivity index (χ1) is 15.0. The van der Waals surface area contributed by atoms with Crippen LogP contribution in [0.3, 0.4) is 0 Å². The summed E-state index contributed by atoms with van der Waals surface area (Å²) in [5.74, 6) is 0. The van der Waals surface area contributed by atoms with E-state index in [0.717, 1.165) is 42.5 Å². The molecule has 0 aliphatic carbocycles. The van der Waals surface area contributed by atoms with Crippen LogP contribution in [0.1, 0.15) is 44.5 Å². The lowest BCUT2D eigenvalue weighted by molar-refractivity contribution is 0.598. The van der Waals surface area contributed by atoms with Crippen molar-refractivity contribution in [2.75, 3.05) is 0 Å². The minimum atomic E-state index is -3.78. The molecule has 3 rings (SSSR count). The molecule has 0 saturated carbocycles. The number of sulfonamides is 1. The van der Waals surface area contributed by atoms with Crippen molar-refractivity contribution in [1.82, 2.24) is 0 Å². The number of benzene rings is 3. The number of nitrogens with zero attached hydrogens (tertiary/aromatic N) is 1. The van der Waals surface area contributed by atoms with Gasteiger partial charge >= 0.3 is 0 Å². The fourth-order valence-electron chi connectivity index (χ4n) is 3.87. The van der Waals surface area contributed by atoms with Gasteiger partial charge in [0.15, 0.2) is 0 Å². The number of hydrogen-bond acceptors (Lipinski definition) is 3. The van der Waals surface area contributed by atoms with Crippen molar-refractivity contribution in [1.29, 1.82) is 0 Å². The van der Waals surface area contributed by atoms with Crippen LogP contribution >= 0.6 is 11.8 Å².